The van der Waals surface area contributed by atoms with E-state index >= 15 is 0 Å². The van der Waals surface area contributed by atoms with Crippen molar-refractivity contribution in [2.45, 2.75) is 0 Å². The van der Waals surface area contributed by atoms with E-state index in [1.807, 2.05) is 0 Å². The van der Waals surface area contributed by atoms with Gasteiger partial charge in [0.05, 0.1) is 0 Å². The molecule has 0 saturated heterocycles. The molecule has 0 aliphatic rings. The Morgan fingerprint density at radius 1 is 0.857 bits per heavy atom. The molecule has 0 amide bonds. The molecule has 0 spiro atoms. The third-order valence-electron chi connectivity index (χ3n) is 0. The number of hydrogen-bond acceptors (Lipinski definition) is 2. The van der Waals surface area contributed by atoms with Crippen molar-refractivity contribution in [3.63, 3.8) is 0 Å². The Bertz CT molecular complexity index is 29.1. The van der Waals surface area contributed by atoms with E-state index in [1.165, 1.54) is 0 Å². The Hall–Kier alpha value is 0.414. The van der Waals surface area contributed by atoms with Crippen molar-refractivity contribution in [3.05, 3.63) is 0 Å². The minimum atomic E-state index is -0.750. The minimum Gasteiger partial charge on any atom is -2.00 e. The summed E-state index contributed by atoms with van der Waals surface area (Å²) in [6, 6.07) is 0. The third-order valence-corrected chi connectivity index (χ3v) is 0. The first kappa shape index (κ1) is 52.3. The van der Waals surface area contributed by atoms with E-state index in [2.05, 4.69) is 0 Å². The van der Waals surface area contributed by atoms with Gasteiger partial charge in [-0.15, -0.1) is 0 Å². The number of hydrogen-bond donors (Lipinski definition) is 0. The smallest absolute Gasteiger partial charge is 0.335 e. The zero-order valence-corrected chi connectivity index (χ0v) is 5.33. The van der Waals surface area contributed by atoms with Crippen molar-refractivity contribution in [1.82, 2.24) is 0 Å². The van der Waals surface area contributed by atoms with Gasteiger partial charge in [-0.05, 0) is 0 Å². The fourth-order valence-corrected chi connectivity index (χ4v) is 0. The fourth-order valence-electron chi connectivity index (χ4n) is 0. The van der Waals surface area contributed by atoms with Crippen LogP contribution in [-0.4, -0.2) is 8.42 Å². The molecule has 0 heterocycles. The molecule has 7 heavy (non-hydrogen) atoms. The zero-order chi connectivity index (χ0) is 2.71. The molecular weight excluding hydrogens is 160 g/mol. The Labute approximate surface area is 58.5 Å². The van der Waals surface area contributed by atoms with Crippen molar-refractivity contribution in [2.75, 3.05) is 0 Å². The minimum absolute atomic E-state index is 0. The molecule has 0 rings (SSSR count). The summed E-state index contributed by atoms with van der Waals surface area (Å²) < 4.78 is 16.6. The molecule has 0 aromatic carbocycles. The van der Waals surface area contributed by atoms with Crippen LogP contribution in [0.15, 0.2) is 0 Å². The molecule has 0 unspecified atom stereocenters. The zero-order valence-electron chi connectivity index (χ0n) is 2.95. The second kappa shape index (κ2) is 94.0. The first-order valence-corrected chi connectivity index (χ1v) is 1.00. The van der Waals surface area contributed by atoms with E-state index in [0.29, 0.717) is 0 Å². The summed E-state index contributed by atoms with van der Waals surface area (Å²) in [5, 5.41) is 0. The van der Waals surface area contributed by atoms with Crippen molar-refractivity contribution >= 4 is 11.6 Å². The molecule has 5 nitrogen and oxygen atoms in total. The molecule has 7 heteroatoms. The molecule has 0 saturated carbocycles. The van der Waals surface area contributed by atoms with Crippen LogP contribution in [0, 0.1) is 0 Å². The fraction of sp³-hybridized carbons (Fsp3) is 0. The first-order chi connectivity index (χ1) is 1.41. The van der Waals surface area contributed by atoms with Gasteiger partial charge in [-0.1, -0.05) is 0 Å². The molecule has 0 atom stereocenters. The Balaban J connectivity index is -0.00000000333. The summed E-state index contributed by atoms with van der Waals surface area (Å²) >= 11 is -0.750. The van der Waals surface area contributed by atoms with Gasteiger partial charge < -0.3 is 16.4 Å². The molecule has 0 bridgehead atoms. The largest absolute Gasteiger partial charge is 2.00 e. The van der Waals surface area contributed by atoms with E-state index < -0.39 is 11.6 Å². The Morgan fingerprint density at radius 2 is 0.857 bits per heavy atom. The van der Waals surface area contributed by atoms with Crippen LogP contribution in [0.3, 0.4) is 0 Å². The van der Waals surface area contributed by atoms with Gasteiger partial charge in [0.25, 0.3) is 0 Å². The summed E-state index contributed by atoms with van der Waals surface area (Å²) in [5.74, 6) is 0. The summed E-state index contributed by atoms with van der Waals surface area (Å²) in [6.45, 7) is 0. The van der Waals surface area contributed by atoms with Gasteiger partial charge in [0, 0.05) is 21.7 Å². The summed E-state index contributed by atoms with van der Waals surface area (Å²) in [4.78, 5) is 0. The maximum atomic E-state index is 8.29. The van der Waals surface area contributed by atoms with Gasteiger partial charge >= 0.3 is 11.6 Å². The van der Waals surface area contributed by atoms with Crippen LogP contribution in [0.1, 0.15) is 0 Å². The average molecular weight is 160 g/mol. The van der Waals surface area contributed by atoms with E-state index in [1.54, 1.807) is 0 Å². The second-order valence-corrected chi connectivity index (χ2v) is 0.204. The van der Waals surface area contributed by atoms with Gasteiger partial charge in [-0.3, -0.25) is 0 Å². The first-order valence-electron chi connectivity index (χ1n) is 0.333. The van der Waals surface area contributed by atoms with E-state index in [0.717, 1.165) is 0 Å². The SMILES string of the molecule is O=S=O.[O-2].[O-2].[O-2].[Ti]. The van der Waals surface area contributed by atoms with Crippen molar-refractivity contribution in [1.29, 1.82) is 0 Å². The van der Waals surface area contributed by atoms with Gasteiger partial charge in [0.1, 0.15) is 0 Å². The quantitative estimate of drug-likeness (QED) is 0.420. The average Bonchev–Trinajstić information content (AvgIpc) is 0.918. The van der Waals surface area contributed by atoms with Crippen LogP contribution in [0.5, 0.6) is 0 Å². The van der Waals surface area contributed by atoms with Crippen LogP contribution < -0.4 is 0 Å². The predicted molar refractivity (Wildman–Crippen MR) is 11.0 cm³/mol. The summed E-state index contributed by atoms with van der Waals surface area (Å²) in [5.41, 5.74) is 0. The van der Waals surface area contributed by atoms with E-state index in [9.17, 15) is 0 Å². The molecule has 0 aliphatic carbocycles. The van der Waals surface area contributed by atoms with Gasteiger partial charge in [0.2, 0.25) is 0 Å². The van der Waals surface area contributed by atoms with Gasteiger partial charge in [-0.2, -0.15) is 8.42 Å². The van der Waals surface area contributed by atoms with Crippen molar-refractivity contribution in [3.8, 4) is 0 Å². The Morgan fingerprint density at radius 3 is 0.857 bits per heavy atom. The van der Waals surface area contributed by atoms with E-state index in [4.69, 9.17) is 8.42 Å². The van der Waals surface area contributed by atoms with Crippen LogP contribution in [0.4, 0.5) is 0 Å². The van der Waals surface area contributed by atoms with Crippen molar-refractivity contribution < 1.29 is 46.6 Å². The van der Waals surface area contributed by atoms with Crippen LogP contribution >= 0.6 is 0 Å². The maximum absolute atomic E-state index is 8.29. The normalized spacial score (nSPS) is 1.71. The summed E-state index contributed by atoms with van der Waals surface area (Å²) in [7, 11) is 0. The van der Waals surface area contributed by atoms with E-state index in [-0.39, 0.29) is 38.1 Å². The van der Waals surface area contributed by atoms with Crippen LogP contribution in [0.2, 0.25) is 0 Å². The molecule has 46 valence electrons. The van der Waals surface area contributed by atoms with Crippen LogP contribution in [0.25, 0.3) is 0 Å². The number of rotatable bonds is 0. The second-order valence-electron chi connectivity index (χ2n) is 0.0680. The molecule has 0 aromatic heterocycles. The van der Waals surface area contributed by atoms with Crippen molar-refractivity contribution in [2.24, 2.45) is 0 Å². The predicted octanol–water partition coefficient (Wildman–Crippen LogP) is -1.03. The maximum Gasteiger partial charge on any atom is 0.335 e. The standard InChI is InChI=1S/O2S.3O.Ti/c1-3-2;;;;/q;3*-2;. The van der Waals surface area contributed by atoms with Gasteiger partial charge in [-0.25, -0.2) is 0 Å². The topological polar surface area (TPSA) is 120 Å². The third kappa shape index (κ3) is 728. The molecule has 0 aromatic rings. The molecule has 0 N–H and O–H groups in total. The molecule has 0 radical (unpaired) electrons. The molecule has 0 aliphatic heterocycles. The Kier molecular flexibility index (Phi) is 703. The monoisotopic (exact) mass is 160 g/mol. The summed E-state index contributed by atoms with van der Waals surface area (Å²) in [6.07, 6.45) is 0. The van der Waals surface area contributed by atoms with Crippen LogP contribution in [-0.2, 0) is 49.7 Å². The van der Waals surface area contributed by atoms with Gasteiger partial charge in [0.15, 0.2) is 0 Å². The molecular formula is O5STi-6. The molecule has 0 fully saturated rings.